The molecule has 0 aromatic heterocycles. The zero-order chi connectivity index (χ0) is 85.5. The van der Waals surface area contributed by atoms with Gasteiger partial charge in [-0.2, -0.15) is 0 Å². The topological polar surface area (TPSA) is 412 Å². The van der Waals surface area contributed by atoms with Gasteiger partial charge in [0.1, 0.15) is 41.0 Å². The molecule has 1 heterocycles. The van der Waals surface area contributed by atoms with Crippen molar-refractivity contribution in [2.75, 3.05) is 45.5 Å². The number of phenolic OH excluding ortho intramolecular Hbond substituents is 1. The maximum Gasteiger partial charge on any atom is 1.00 e. The van der Waals surface area contributed by atoms with Crippen molar-refractivity contribution in [2.45, 2.75) is 185 Å². The van der Waals surface area contributed by atoms with E-state index in [2.05, 4.69) is 104 Å². The standard InChI is InChI=1S/C31H44Cl2N2O7Si.C26H36Cl2N2O5Si.C23H25Cl2N3O6S.Li.H2O/c1-30(2,3)41-29(39)34-18-24(28(38)40-7)35-27(37)26-22(32)16-20(17-23(26)33)25(36)14-13-19-11-10-12-21(15-19)42-43(8,9)31(4,5)6;1-26(2,3)36(5,6)35-18-9-7-8-16(12-18)10-11-22(31)17-13-19(27)23(20(28)14-17)24(32)30-21(15-29)25(33)34-4;24-15-7-13(19(30)5-4-12-2-1-3-14(29)6-12)8-16(25)20(15)22(32)28-17(23(33)34)9-26-21(31)18-10-35-11-27-18;;/h10-12,15-17,24-25,36H,13-14,18H2,1-9H3,(H,34,39)(H,35,37);7-9,12-14,21-22,31H,10-11,15,29H2,1-6H3,(H,30,32);1-3,6-8,17-19,27,29-30H,4-5,9-11H2,(H,26,31)(H,28,32)(H,33,34);;1H2/q;;;+1;/p-1/t24-,25?;21-,22?;17-,18-,19?;;/m000../s1. The average molecular weight is 1780 g/mol. The number of phenols is 1. The zero-order valence-corrected chi connectivity index (χ0v) is 75.3. The number of carbonyl (C=O) groups excluding carboxylic acids is 7. The predicted molar refractivity (Wildman–Crippen MR) is 454 cm³/mol. The van der Waals surface area contributed by atoms with Crippen LogP contribution in [0.5, 0.6) is 17.2 Å². The number of rotatable bonds is 31. The Morgan fingerprint density at radius 3 is 1.21 bits per heavy atom. The Labute approximate surface area is 726 Å². The number of aliphatic hydroxyl groups excluding tert-OH is 3. The number of carboxylic acids is 1. The quantitative estimate of drug-likeness (QED) is 0.0109. The molecule has 1 saturated heterocycles. The third-order valence-electron chi connectivity index (χ3n) is 19.0. The molecule has 26 nitrogen and oxygen atoms in total. The van der Waals surface area contributed by atoms with Gasteiger partial charge in [0.25, 0.3) is 17.7 Å². The molecule has 5 amide bonds. The molecular weight excluding hydrogens is 1670 g/mol. The molecule has 7 atom stereocenters. The van der Waals surface area contributed by atoms with Gasteiger partial charge in [-0.3, -0.25) is 24.5 Å². The first-order valence-corrected chi connectivity index (χ1v) is 45.7. The molecule has 1 aliphatic heterocycles. The molecule has 1 fully saturated rings. The van der Waals surface area contributed by atoms with Gasteiger partial charge < -0.3 is 86.4 Å². The number of hydrogen-bond donors (Lipinski definition) is 12. The van der Waals surface area contributed by atoms with E-state index in [0.717, 1.165) is 35.3 Å². The minimum absolute atomic E-state index is 0. The van der Waals surface area contributed by atoms with E-state index in [4.69, 9.17) is 93.7 Å². The van der Waals surface area contributed by atoms with Crippen LogP contribution in [0.4, 0.5) is 4.79 Å². The van der Waals surface area contributed by atoms with Gasteiger partial charge in [-0.1, -0.05) is 148 Å². The number of aryl methyl sites for hydroxylation is 3. The number of aromatic hydroxyl groups is 1. The number of alkyl carbamates (subject to hydrolysis) is 1. The fraction of sp³-hybridized carbons (Fsp3) is 0.450. The van der Waals surface area contributed by atoms with Gasteiger partial charge in [0, 0.05) is 24.7 Å². The number of thioether (sulfide) groups is 1. The van der Waals surface area contributed by atoms with Crippen molar-refractivity contribution in [1.29, 1.82) is 0 Å². The molecule has 632 valence electrons. The summed E-state index contributed by atoms with van der Waals surface area (Å²) in [7, 11) is -1.60. The van der Waals surface area contributed by atoms with Crippen molar-refractivity contribution < 1.29 is 111 Å². The van der Waals surface area contributed by atoms with Crippen molar-refractivity contribution in [3.63, 3.8) is 0 Å². The predicted octanol–water partition coefficient (Wildman–Crippen LogP) is 11.3. The molecule has 6 aromatic rings. The van der Waals surface area contributed by atoms with Crippen molar-refractivity contribution in [2.24, 2.45) is 5.73 Å². The van der Waals surface area contributed by atoms with Crippen LogP contribution in [0.3, 0.4) is 0 Å². The Morgan fingerprint density at radius 2 is 0.879 bits per heavy atom. The van der Waals surface area contributed by atoms with E-state index >= 15 is 0 Å². The fourth-order valence-electron chi connectivity index (χ4n) is 10.5. The van der Waals surface area contributed by atoms with Crippen molar-refractivity contribution in [1.82, 2.24) is 31.9 Å². The third-order valence-corrected chi connectivity index (χ3v) is 30.4. The first-order valence-electron chi connectivity index (χ1n) is 36.5. The summed E-state index contributed by atoms with van der Waals surface area (Å²) in [5.74, 6) is -2.41. The Bertz CT molecular complexity index is 4290. The number of ether oxygens (including phenoxy) is 3. The SMILES string of the molecule is COC(=O)[C@H](CN)NC(=O)c1c(Cl)cc(C(O)CCc2cccc(O[Si](C)(C)C(C)(C)C)c2)cc1Cl.COC(=O)[C@H](CNC(=O)OC(C)(C)C)NC(=O)c1c(Cl)cc(C(O)CCc2cccc(O[Si](C)(C)C(C)(C)C)c2)cc1Cl.O=C(N[C@@H](CNC(=O)[C@@H]1CSCN1)C(=O)O)c1c(Cl)cc(C(O)CCc2cccc(O)c2)cc1Cl.[Li+].[OH-]. The molecule has 14 N–H and O–H groups in total. The van der Waals surface area contributed by atoms with E-state index in [0.29, 0.717) is 66.8 Å². The monoisotopic (exact) mass is 1770 g/mol. The first kappa shape index (κ1) is 103. The summed E-state index contributed by atoms with van der Waals surface area (Å²) in [6, 6.07) is 27.1. The summed E-state index contributed by atoms with van der Waals surface area (Å²) in [5, 5.41) is 66.6. The summed E-state index contributed by atoms with van der Waals surface area (Å²) in [6.45, 7) is 26.3. The number of methoxy groups -OCH3 is 2. The molecule has 36 heteroatoms. The Hall–Kier alpha value is -6.84. The maximum absolute atomic E-state index is 13.1. The minimum atomic E-state index is -1.99. The number of amides is 5. The van der Waals surface area contributed by atoms with Crippen LogP contribution >= 0.6 is 81.4 Å². The molecule has 7 rings (SSSR count). The minimum Gasteiger partial charge on any atom is -0.870 e. The number of esters is 2. The molecule has 0 aliphatic carbocycles. The van der Waals surface area contributed by atoms with Crippen LogP contribution in [0.1, 0.15) is 164 Å². The van der Waals surface area contributed by atoms with Crippen LogP contribution in [0.15, 0.2) is 109 Å². The van der Waals surface area contributed by atoms with Crippen LogP contribution in [0.2, 0.25) is 66.4 Å². The second-order valence-corrected chi connectivity index (χ2v) is 44.0. The number of carbonyl (C=O) groups is 8. The van der Waals surface area contributed by atoms with E-state index < -0.39 is 106 Å². The molecule has 1 aliphatic rings. The van der Waals surface area contributed by atoms with Gasteiger partial charge in [-0.15, -0.1) is 11.8 Å². The zero-order valence-electron chi connectivity index (χ0n) is 68.0. The summed E-state index contributed by atoms with van der Waals surface area (Å²) in [6.07, 6.45) is -0.698. The van der Waals surface area contributed by atoms with E-state index in [1.165, 1.54) is 43.5 Å². The van der Waals surface area contributed by atoms with Gasteiger partial charge in [0.05, 0.1) is 91.9 Å². The van der Waals surface area contributed by atoms with E-state index in [-0.39, 0.29) is 113 Å². The summed E-state index contributed by atoms with van der Waals surface area (Å²) >= 11 is 39.6. The first-order chi connectivity index (χ1) is 53.1. The fourth-order valence-corrected chi connectivity index (χ4v) is 15.5. The number of halogens is 6. The second kappa shape index (κ2) is 46.7. The number of carboxylic acid groups (broad SMARTS) is 1. The summed E-state index contributed by atoms with van der Waals surface area (Å²) < 4.78 is 27.3. The Balaban J connectivity index is 0.000000449. The third kappa shape index (κ3) is 32.0. The molecule has 0 radical (unpaired) electrons. The van der Waals surface area contributed by atoms with Gasteiger partial charge in [0.15, 0.2) is 0 Å². The van der Waals surface area contributed by atoms with Crippen molar-refractivity contribution in [3.05, 3.63) is 189 Å². The van der Waals surface area contributed by atoms with Crippen molar-refractivity contribution >= 4 is 146 Å². The smallest absolute Gasteiger partial charge is 0.870 e. The Kier molecular flexibility index (Phi) is 41.6. The largest absolute Gasteiger partial charge is 1.00 e. The molecule has 0 bridgehead atoms. The number of nitrogens with one attached hydrogen (secondary N) is 6. The van der Waals surface area contributed by atoms with Crippen LogP contribution in [-0.4, -0.2) is 171 Å². The number of benzene rings is 6. The van der Waals surface area contributed by atoms with E-state index in [1.807, 2.05) is 54.6 Å². The van der Waals surface area contributed by atoms with Gasteiger partial charge in [-0.25, -0.2) is 19.2 Å². The summed E-state index contributed by atoms with van der Waals surface area (Å²) in [5.41, 5.74) is 8.77. The van der Waals surface area contributed by atoms with E-state index in [1.54, 1.807) is 50.7 Å². The van der Waals surface area contributed by atoms with Gasteiger partial charge in [0.2, 0.25) is 22.5 Å². The van der Waals surface area contributed by atoms with Crippen LogP contribution in [0, 0.1) is 0 Å². The van der Waals surface area contributed by atoms with Gasteiger partial charge in [-0.05, 0) is 202 Å². The summed E-state index contributed by atoms with van der Waals surface area (Å²) in [4.78, 5) is 98.3. The molecule has 3 unspecified atom stereocenters. The molecule has 0 saturated carbocycles. The number of nitrogens with two attached hydrogens (primary N) is 1. The molecule has 116 heavy (non-hydrogen) atoms. The maximum atomic E-state index is 13.1. The number of aliphatic hydroxyl groups is 3. The molecule has 6 aromatic carbocycles. The average Bonchev–Trinajstić information content (AvgIpc) is 0.955. The second-order valence-electron chi connectivity index (χ2n) is 31.0. The van der Waals surface area contributed by atoms with Crippen LogP contribution in [0.25, 0.3) is 0 Å². The van der Waals surface area contributed by atoms with Crippen LogP contribution in [-0.2, 0) is 52.7 Å². The van der Waals surface area contributed by atoms with Crippen LogP contribution < -0.4 is 65.3 Å². The molecule has 0 spiro atoms. The van der Waals surface area contributed by atoms with Crippen molar-refractivity contribution in [3.8, 4) is 17.2 Å². The molecular formula is C80H106Cl6LiN7O19SSi2. The van der Waals surface area contributed by atoms with Gasteiger partial charge >= 0.3 is 42.9 Å². The van der Waals surface area contributed by atoms with E-state index in [9.17, 15) is 63.9 Å². The Morgan fingerprint density at radius 1 is 0.534 bits per heavy atom. The number of hydrogen-bond acceptors (Lipinski definition) is 21. The number of aliphatic carboxylic acids is 1. The normalized spacial score (nSPS) is 14.3.